The van der Waals surface area contributed by atoms with Crippen molar-refractivity contribution in [3.8, 4) is 0 Å². The first-order valence-corrected chi connectivity index (χ1v) is 8.79. The second-order valence-electron chi connectivity index (χ2n) is 5.82. The molecule has 2 heterocycles. The molecule has 0 amide bonds. The number of hydrogen-bond donors (Lipinski definition) is 3. The van der Waals surface area contributed by atoms with Crippen molar-refractivity contribution in [1.82, 2.24) is 20.9 Å². The number of hydrogen-bond acceptors (Lipinski definition) is 4. The summed E-state index contributed by atoms with van der Waals surface area (Å²) in [6.07, 6.45) is 6.31. The van der Waals surface area contributed by atoms with Crippen LogP contribution in [-0.4, -0.2) is 63.7 Å². The van der Waals surface area contributed by atoms with Crippen molar-refractivity contribution in [2.24, 2.45) is 0 Å². The van der Waals surface area contributed by atoms with Crippen LogP contribution in [0.5, 0.6) is 0 Å². The molecule has 1 aromatic rings. The summed E-state index contributed by atoms with van der Waals surface area (Å²) >= 11 is 0. The van der Waals surface area contributed by atoms with Gasteiger partial charge in [-0.25, -0.2) is 4.57 Å². The summed E-state index contributed by atoms with van der Waals surface area (Å²) in [6, 6.07) is 5.92. The van der Waals surface area contributed by atoms with Gasteiger partial charge in [-0.05, 0) is 39.0 Å². The molecule has 130 valence electrons. The van der Waals surface area contributed by atoms with Crippen LogP contribution in [0.15, 0.2) is 30.6 Å². The molecule has 0 spiro atoms. The number of rotatable bonds is 4. The molecule has 1 aromatic heterocycles. The fourth-order valence-electron chi connectivity index (χ4n) is 2.56. The number of aromatic nitrogens is 1. The lowest BCUT2D eigenvalue weighted by Crippen LogP contribution is -2.39. The highest BCUT2D eigenvalue weighted by Crippen LogP contribution is 1.95. The lowest BCUT2D eigenvalue weighted by atomic mass is 10.3. The molecule has 1 aliphatic heterocycles. The molecule has 1 aliphatic rings. The van der Waals surface area contributed by atoms with E-state index in [0.29, 0.717) is 19.6 Å². The second kappa shape index (κ2) is 12.4. The van der Waals surface area contributed by atoms with E-state index in [9.17, 15) is 0 Å². The highest BCUT2D eigenvalue weighted by atomic mass is 15.1. The molecule has 5 nitrogen and oxygen atoms in total. The predicted octanol–water partition coefficient (Wildman–Crippen LogP) is 0.229. The molecule has 0 saturated carbocycles. The molecule has 23 heavy (non-hydrogen) atoms. The Balaban J connectivity index is 2.00. The predicted molar refractivity (Wildman–Crippen MR) is 95.5 cm³/mol. The van der Waals surface area contributed by atoms with Crippen LogP contribution in [0.2, 0.25) is 0 Å². The first-order valence-electron chi connectivity index (χ1n) is 10.8. The monoisotopic (exact) mass is 328 g/mol. The van der Waals surface area contributed by atoms with E-state index in [1.54, 1.807) is 4.90 Å². The summed E-state index contributed by atoms with van der Waals surface area (Å²) in [7, 11) is 0. The van der Waals surface area contributed by atoms with Crippen LogP contribution in [0.3, 0.4) is 0 Å². The molecule has 5 heteroatoms. The Morgan fingerprint density at radius 1 is 0.913 bits per heavy atom. The van der Waals surface area contributed by atoms with Crippen molar-refractivity contribution in [1.29, 1.82) is 0 Å². The number of nitrogens with zero attached hydrogens (tertiary/aromatic N) is 2. The highest BCUT2D eigenvalue weighted by molar-refractivity contribution is 4.83. The van der Waals surface area contributed by atoms with E-state index >= 15 is 0 Å². The van der Waals surface area contributed by atoms with Crippen molar-refractivity contribution in [2.75, 3.05) is 58.8 Å². The van der Waals surface area contributed by atoms with Gasteiger partial charge in [0, 0.05) is 56.7 Å². The highest BCUT2D eigenvalue weighted by Gasteiger charge is 2.07. The molecule has 0 radical (unpaired) electrons. The van der Waals surface area contributed by atoms with E-state index in [1.807, 2.05) is 30.6 Å². The van der Waals surface area contributed by atoms with E-state index in [-0.39, 0.29) is 0 Å². The number of aryl methyl sites for hydroxylation is 1. The van der Waals surface area contributed by atoms with Crippen LogP contribution >= 0.6 is 0 Å². The van der Waals surface area contributed by atoms with Gasteiger partial charge in [0.05, 0.1) is 0 Å². The van der Waals surface area contributed by atoms with Gasteiger partial charge in [0.1, 0.15) is 6.54 Å². The minimum atomic E-state index is -2.11. The third-order valence-electron chi connectivity index (χ3n) is 3.84. The molecule has 1 saturated heterocycles. The standard InChI is InChI=1S/C18H34N5/c1-2-13-22(14-3-1)16-6-17-23-15-5-9-20-11-10-19-7-4-8-21-12-18-23/h1-3,13-14,19-21H,4-12,15-18H2/q+1/i12T2,18T2. The van der Waals surface area contributed by atoms with E-state index < -0.39 is 13.0 Å². The topological polar surface area (TPSA) is 43.2 Å². The van der Waals surface area contributed by atoms with Crippen molar-refractivity contribution in [2.45, 2.75) is 25.8 Å². The Bertz CT molecular complexity index is 530. The third kappa shape index (κ3) is 9.01. The van der Waals surface area contributed by atoms with Crippen molar-refractivity contribution < 1.29 is 10.1 Å². The zero-order chi connectivity index (χ0) is 19.6. The summed E-state index contributed by atoms with van der Waals surface area (Å²) < 4.78 is 35.7. The molecule has 0 aromatic carbocycles. The second-order valence-corrected chi connectivity index (χ2v) is 5.82. The minimum Gasteiger partial charge on any atom is -0.315 e. The fraction of sp³-hybridized carbons (Fsp3) is 0.722. The SMILES string of the molecule is [3H]C1([3H])NCCCNCCNCCCN(CCC[n+]2ccccc2)C1([3H])[3H]. The van der Waals surface area contributed by atoms with Gasteiger partial charge in [0.15, 0.2) is 12.4 Å². The normalized spacial score (nSPS) is 27.0. The number of nitrogens with one attached hydrogen (secondary N) is 3. The van der Waals surface area contributed by atoms with Gasteiger partial charge in [-0.2, -0.15) is 0 Å². The van der Waals surface area contributed by atoms with Gasteiger partial charge in [-0.3, -0.25) is 0 Å². The Labute approximate surface area is 147 Å². The molecule has 0 bridgehead atoms. The van der Waals surface area contributed by atoms with Gasteiger partial charge in [-0.1, -0.05) is 6.07 Å². The summed E-state index contributed by atoms with van der Waals surface area (Å²) in [6.45, 7) is 1.47. The maximum atomic E-state index is 8.51. The average Bonchev–Trinajstić information content (AvgIpc) is 2.64. The molecular weight excluding hydrogens is 286 g/mol. The zero-order valence-corrected chi connectivity index (χ0v) is 14.1. The Morgan fingerprint density at radius 2 is 1.65 bits per heavy atom. The smallest absolute Gasteiger partial charge is 0.168 e. The average molecular weight is 329 g/mol. The molecule has 0 unspecified atom stereocenters. The molecule has 3 N–H and O–H groups in total. The summed E-state index contributed by atoms with van der Waals surface area (Å²) in [5.74, 6) is 0. The molecule has 2 rings (SSSR count). The van der Waals surface area contributed by atoms with E-state index in [2.05, 4.69) is 20.5 Å². The van der Waals surface area contributed by atoms with Gasteiger partial charge in [0.2, 0.25) is 0 Å². The molecule has 1 fully saturated rings. The Hall–Kier alpha value is -1.01. The first-order chi connectivity index (χ1) is 12.9. The quantitative estimate of drug-likeness (QED) is 0.692. The van der Waals surface area contributed by atoms with Crippen LogP contribution < -0.4 is 20.5 Å². The zero-order valence-electron chi connectivity index (χ0n) is 18.1. The van der Waals surface area contributed by atoms with Crippen LogP contribution in [0.25, 0.3) is 0 Å². The summed E-state index contributed by atoms with van der Waals surface area (Å²) in [4.78, 5) is 1.66. The van der Waals surface area contributed by atoms with Crippen LogP contribution in [0, 0.1) is 0 Å². The molecule has 0 atom stereocenters. The Morgan fingerprint density at radius 3 is 2.48 bits per heavy atom. The van der Waals surface area contributed by atoms with Gasteiger partial charge in [-0.15, -0.1) is 0 Å². The summed E-state index contributed by atoms with van der Waals surface area (Å²) in [5.41, 5.74) is 0. The van der Waals surface area contributed by atoms with Gasteiger partial charge >= 0.3 is 0 Å². The molecule has 0 aliphatic carbocycles. The maximum Gasteiger partial charge on any atom is 0.168 e. The first kappa shape index (κ1) is 13.3. The Kier molecular flexibility index (Phi) is 7.18. The third-order valence-corrected chi connectivity index (χ3v) is 3.84. The van der Waals surface area contributed by atoms with Crippen LogP contribution in [-0.2, 0) is 6.54 Å². The molecular formula is C18H34N5+. The van der Waals surface area contributed by atoms with E-state index in [1.165, 1.54) is 0 Å². The van der Waals surface area contributed by atoms with Crippen molar-refractivity contribution >= 4 is 0 Å². The lowest BCUT2D eigenvalue weighted by Gasteiger charge is -2.22. The van der Waals surface area contributed by atoms with Crippen LogP contribution in [0.1, 0.15) is 24.7 Å². The van der Waals surface area contributed by atoms with E-state index in [4.69, 9.17) is 5.48 Å². The van der Waals surface area contributed by atoms with Crippen molar-refractivity contribution in [3.63, 3.8) is 0 Å². The van der Waals surface area contributed by atoms with Crippen molar-refractivity contribution in [3.05, 3.63) is 30.6 Å². The summed E-state index contributed by atoms with van der Waals surface area (Å²) in [5, 5.41) is 9.47. The minimum absolute atomic E-state index is 0.445. The van der Waals surface area contributed by atoms with Gasteiger partial charge in [0.25, 0.3) is 0 Å². The lowest BCUT2D eigenvalue weighted by molar-refractivity contribution is -0.697. The van der Waals surface area contributed by atoms with Gasteiger partial charge < -0.3 is 20.9 Å². The number of pyridine rings is 1. The maximum absolute atomic E-state index is 8.51. The largest absolute Gasteiger partial charge is 0.315 e. The van der Waals surface area contributed by atoms with E-state index in [0.717, 1.165) is 52.0 Å². The van der Waals surface area contributed by atoms with Crippen LogP contribution in [0.4, 0.5) is 0 Å². The fourth-order valence-corrected chi connectivity index (χ4v) is 2.56.